The quantitative estimate of drug-likeness (QED) is 0.678. The Bertz CT molecular complexity index is 921. The fourth-order valence-corrected chi connectivity index (χ4v) is 3.92. The lowest BCUT2D eigenvalue weighted by Crippen LogP contribution is -2.30. The normalized spacial score (nSPS) is 13.1. The third-order valence-electron chi connectivity index (χ3n) is 4.40. The molecule has 3 aromatic rings. The van der Waals surface area contributed by atoms with E-state index in [1.165, 1.54) is 17.3 Å². The first-order chi connectivity index (χ1) is 12.2. The zero-order valence-corrected chi connectivity index (χ0v) is 14.7. The molecule has 1 amide bonds. The molecule has 0 radical (unpaired) electrons. The molecule has 0 N–H and O–H groups in total. The van der Waals surface area contributed by atoms with Gasteiger partial charge in [-0.15, -0.1) is 10.2 Å². The summed E-state index contributed by atoms with van der Waals surface area (Å²) in [6, 6.07) is 16.2. The molecule has 126 valence electrons. The Morgan fingerprint density at radius 2 is 1.88 bits per heavy atom. The molecule has 0 spiro atoms. The van der Waals surface area contributed by atoms with E-state index < -0.39 is 0 Å². The number of aromatic nitrogens is 3. The molecule has 6 heteroatoms. The molecule has 0 unspecified atom stereocenters. The molecule has 2 aromatic carbocycles. The number of thioether (sulfide) groups is 1. The molecular formula is C19H18N4OS. The first-order valence-electron chi connectivity index (χ1n) is 8.21. The number of fused-ring (bicyclic) bond motifs is 1. The van der Waals surface area contributed by atoms with Crippen molar-refractivity contribution in [1.29, 1.82) is 0 Å². The average molecular weight is 350 g/mol. The predicted octanol–water partition coefficient (Wildman–Crippen LogP) is 3.26. The van der Waals surface area contributed by atoms with Crippen molar-refractivity contribution < 1.29 is 4.79 Å². The first-order valence-corrected chi connectivity index (χ1v) is 9.19. The summed E-state index contributed by atoms with van der Waals surface area (Å²) >= 11 is 1.43. The van der Waals surface area contributed by atoms with Crippen LogP contribution in [0.25, 0.3) is 5.69 Å². The van der Waals surface area contributed by atoms with Crippen molar-refractivity contribution in [3.05, 3.63) is 66.0 Å². The summed E-state index contributed by atoms with van der Waals surface area (Å²) in [5.41, 5.74) is 4.45. The number of amides is 1. The van der Waals surface area contributed by atoms with Gasteiger partial charge >= 0.3 is 0 Å². The van der Waals surface area contributed by atoms with Crippen LogP contribution in [0.5, 0.6) is 0 Å². The van der Waals surface area contributed by atoms with Crippen LogP contribution in [-0.4, -0.2) is 33.0 Å². The minimum absolute atomic E-state index is 0.106. The van der Waals surface area contributed by atoms with E-state index in [0.29, 0.717) is 5.75 Å². The van der Waals surface area contributed by atoms with Crippen molar-refractivity contribution in [2.45, 2.75) is 18.5 Å². The number of carbonyl (C=O) groups is 1. The Balaban J connectivity index is 1.49. The fourth-order valence-electron chi connectivity index (χ4n) is 3.12. The van der Waals surface area contributed by atoms with E-state index in [1.807, 2.05) is 45.9 Å². The van der Waals surface area contributed by atoms with Gasteiger partial charge < -0.3 is 4.90 Å². The van der Waals surface area contributed by atoms with Gasteiger partial charge in [0.15, 0.2) is 5.16 Å². The van der Waals surface area contributed by atoms with Gasteiger partial charge in [-0.05, 0) is 36.6 Å². The molecule has 1 aliphatic rings. The molecule has 25 heavy (non-hydrogen) atoms. The summed E-state index contributed by atoms with van der Waals surface area (Å²) in [4.78, 5) is 14.5. The number of aryl methyl sites for hydroxylation is 1. The van der Waals surface area contributed by atoms with Crippen LogP contribution in [0, 0.1) is 6.92 Å². The lowest BCUT2D eigenvalue weighted by atomic mass is 10.2. The first kappa shape index (κ1) is 15.9. The lowest BCUT2D eigenvalue weighted by molar-refractivity contribution is -0.116. The van der Waals surface area contributed by atoms with Gasteiger partial charge in [-0.25, -0.2) is 0 Å². The van der Waals surface area contributed by atoms with Crippen molar-refractivity contribution >= 4 is 23.4 Å². The van der Waals surface area contributed by atoms with E-state index in [4.69, 9.17) is 0 Å². The average Bonchev–Trinajstić information content (AvgIpc) is 3.27. The molecule has 0 saturated carbocycles. The Morgan fingerprint density at radius 1 is 1.12 bits per heavy atom. The summed E-state index contributed by atoms with van der Waals surface area (Å²) in [5, 5.41) is 8.93. The van der Waals surface area contributed by atoms with E-state index in [9.17, 15) is 4.79 Å². The van der Waals surface area contributed by atoms with Crippen molar-refractivity contribution in [2.24, 2.45) is 0 Å². The highest BCUT2D eigenvalue weighted by Crippen LogP contribution is 2.29. The second kappa shape index (κ2) is 6.72. The van der Waals surface area contributed by atoms with E-state index >= 15 is 0 Å². The van der Waals surface area contributed by atoms with Crippen LogP contribution in [0.2, 0.25) is 0 Å². The largest absolute Gasteiger partial charge is 0.311 e. The van der Waals surface area contributed by atoms with Crippen molar-refractivity contribution in [3.8, 4) is 5.69 Å². The van der Waals surface area contributed by atoms with E-state index in [0.717, 1.165) is 35.1 Å². The van der Waals surface area contributed by atoms with Crippen LogP contribution in [0.3, 0.4) is 0 Å². The summed E-state index contributed by atoms with van der Waals surface area (Å²) in [6.07, 6.45) is 2.62. The number of benzene rings is 2. The second-order valence-electron chi connectivity index (χ2n) is 5.98. The van der Waals surface area contributed by atoms with Gasteiger partial charge in [0, 0.05) is 12.2 Å². The third kappa shape index (κ3) is 3.05. The van der Waals surface area contributed by atoms with Crippen LogP contribution in [-0.2, 0) is 11.2 Å². The van der Waals surface area contributed by atoms with Crippen molar-refractivity contribution in [2.75, 3.05) is 17.2 Å². The maximum absolute atomic E-state index is 12.7. The SMILES string of the molecule is Cc1ccccc1-n1cnnc1SCC(=O)N1CCc2ccccc21. The number of rotatable bonds is 4. The molecule has 0 fully saturated rings. The molecule has 1 aliphatic heterocycles. The van der Waals surface area contributed by atoms with Crippen LogP contribution in [0.4, 0.5) is 5.69 Å². The predicted molar refractivity (Wildman–Crippen MR) is 99.3 cm³/mol. The highest BCUT2D eigenvalue weighted by atomic mass is 32.2. The standard InChI is InChI=1S/C19H18N4OS/c1-14-6-2-4-8-16(14)23-13-20-21-19(23)25-12-18(24)22-11-10-15-7-3-5-9-17(15)22/h2-9,13H,10-12H2,1H3. The monoisotopic (exact) mass is 350 g/mol. The highest BCUT2D eigenvalue weighted by molar-refractivity contribution is 7.99. The number of nitrogens with zero attached hydrogens (tertiary/aromatic N) is 4. The molecule has 5 nitrogen and oxygen atoms in total. The highest BCUT2D eigenvalue weighted by Gasteiger charge is 2.24. The molecule has 4 rings (SSSR count). The van der Waals surface area contributed by atoms with Crippen LogP contribution < -0.4 is 4.90 Å². The zero-order chi connectivity index (χ0) is 17.2. The van der Waals surface area contributed by atoms with Crippen LogP contribution in [0.15, 0.2) is 60.0 Å². The molecule has 0 atom stereocenters. The smallest absolute Gasteiger partial charge is 0.237 e. The number of hydrogen-bond donors (Lipinski definition) is 0. The number of anilines is 1. The Morgan fingerprint density at radius 3 is 2.72 bits per heavy atom. The van der Waals surface area contributed by atoms with Gasteiger partial charge in [0.2, 0.25) is 5.91 Å². The molecule has 0 saturated heterocycles. The maximum Gasteiger partial charge on any atom is 0.237 e. The summed E-state index contributed by atoms with van der Waals surface area (Å²) < 4.78 is 1.94. The Hall–Kier alpha value is -2.60. The van der Waals surface area contributed by atoms with Gasteiger partial charge in [-0.3, -0.25) is 9.36 Å². The van der Waals surface area contributed by atoms with Crippen LogP contribution >= 0.6 is 11.8 Å². The molecule has 0 bridgehead atoms. The topological polar surface area (TPSA) is 51.0 Å². The van der Waals surface area contributed by atoms with Gasteiger partial charge in [0.05, 0.1) is 11.4 Å². The number of para-hydroxylation sites is 2. The molecule has 2 heterocycles. The molecular weight excluding hydrogens is 332 g/mol. The van der Waals surface area contributed by atoms with Crippen molar-refractivity contribution in [1.82, 2.24) is 14.8 Å². The summed E-state index contributed by atoms with van der Waals surface area (Å²) in [7, 11) is 0. The zero-order valence-electron chi connectivity index (χ0n) is 13.9. The minimum Gasteiger partial charge on any atom is -0.311 e. The van der Waals surface area contributed by atoms with Gasteiger partial charge in [-0.2, -0.15) is 0 Å². The lowest BCUT2D eigenvalue weighted by Gasteiger charge is -2.17. The second-order valence-corrected chi connectivity index (χ2v) is 6.93. The van der Waals surface area contributed by atoms with Gasteiger partial charge in [-0.1, -0.05) is 48.2 Å². The number of hydrogen-bond acceptors (Lipinski definition) is 4. The summed E-state index contributed by atoms with van der Waals surface area (Å²) in [5.74, 6) is 0.452. The minimum atomic E-state index is 0.106. The number of carbonyl (C=O) groups excluding carboxylic acids is 1. The molecule has 0 aliphatic carbocycles. The maximum atomic E-state index is 12.7. The van der Waals surface area contributed by atoms with Gasteiger partial charge in [0.25, 0.3) is 0 Å². The molecule has 1 aromatic heterocycles. The Kier molecular flexibility index (Phi) is 4.28. The van der Waals surface area contributed by atoms with Crippen molar-refractivity contribution in [3.63, 3.8) is 0 Å². The van der Waals surface area contributed by atoms with E-state index in [-0.39, 0.29) is 5.91 Å². The third-order valence-corrected chi connectivity index (χ3v) is 5.33. The van der Waals surface area contributed by atoms with E-state index in [1.54, 1.807) is 6.33 Å². The Labute approximate surface area is 150 Å². The van der Waals surface area contributed by atoms with E-state index in [2.05, 4.69) is 29.3 Å². The van der Waals surface area contributed by atoms with Crippen LogP contribution in [0.1, 0.15) is 11.1 Å². The summed E-state index contributed by atoms with van der Waals surface area (Å²) in [6.45, 7) is 2.80. The van der Waals surface area contributed by atoms with Gasteiger partial charge in [0.1, 0.15) is 6.33 Å². The fraction of sp³-hybridized carbons (Fsp3) is 0.211.